The lowest BCUT2D eigenvalue weighted by atomic mass is 9.81. The Labute approximate surface area is 217 Å². The first-order valence-electron chi connectivity index (χ1n) is 12.7. The summed E-state index contributed by atoms with van der Waals surface area (Å²) in [6, 6.07) is 15.1. The standard InChI is InChI=1S/C29H34ClFN2O3/c1-36-22-10-12-28-24(18-22)23(13-15-32-28)27(31)11-9-20-14-17-33(19-25(20)29(34)35)16-5-4-7-21-6-2-3-8-26(21)30/h2-3,6,8,10,12-13,15,18,20,25,27H,4-5,7,9,11,14,16-17,19H2,1H3,(H,34,35)/t20-,25+,27+/m1/s1. The number of aromatic nitrogens is 1. The predicted molar refractivity (Wildman–Crippen MR) is 141 cm³/mol. The molecule has 1 saturated heterocycles. The van der Waals surface area contributed by atoms with Gasteiger partial charge in [-0.15, -0.1) is 0 Å². The minimum Gasteiger partial charge on any atom is -0.497 e. The molecule has 192 valence electrons. The molecular formula is C29H34ClFN2O3. The Bertz CT molecular complexity index is 1170. The van der Waals surface area contributed by atoms with Crippen molar-refractivity contribution in [3.8, 4) is 5.75 Å². The molecular weight excluding hydrogens is 479 g/mol. The van der Waals surface area contributed by atoms with Gasteiger partial charge in [0.05, 0.1) is 18.5 Å². The normalized spacial score (nSPS) is 19.3. The van der Waals surface area contributed by atoms with Crippen LogP contribution in [-0.2, 0) is 11.2 Å². The SMILES string of the molecule is COc1ccc2nccc([C@@H](F)CC[C@@H]3CCN(CCCCc4ccccc4Cl)C[C@@H]3C(=O)O)c2c1. The van der Waals surface area contributed by atoms with Crippen LogP contribution in [0.1, 0.15) is 49.4 Å². The number of methoxy groups -OCH3 is 1. The first kappa shape index (κ1) is 26.4. The van der Waals surface area contributed by atoms with E-state index in [1.807, 2.05) is 36.4 Å². The van der Waals surface area contributed by atoms with E-state index in [1.165, 1.54) is 0 Å². The third-order valence-corrected chi connectivity index (χ3v) is 7.77. The second-order valence-electron chi connectivity index (χ2n) is 9.67. The molecule has 0 bridgehead atoms. The van der Waals surface area contributed by atoms with Gasteiger partial charge in [-0.2, -0.15) is 0 Å². The second-order valence-corrected chi connectivity index (χ2v) is 10.1. The Balaban J connectivity index is 1.30. The van der Waals surface area contributed by atoms with Crippen LogP contribution in [-0.4, -0.2) is 47.7 Å². The van der Waals surface area contributed by atoms with E-state index < -0.39 is 18.1 Å². The average Bonchev–Trinajstić information content (AvgIpc) is 2.90. The number of pyridine rings is 1. The highest BCUT2D eigenvalue weighted by atomic mass is 35.5. The summed E-state index contributed by atoms with van der Waals surface area (Å²) in [6.45, 7) is 2.25. The summed E-state index contributed by atoms with van der Waals surface area (Å²) in [5, 5.41) is 11.4. The third-order valence-electron chi connectivity index (χ3n) is 7.40. The van der Waals surface area contributed by atoms with Crippen molar-refractivity contribution in [3.63, 3.8) is 0 Å². The molecule has 3 atom stereocenters. The van der Waals surface area contributed by atoms with E-state index in [0.29, 0.717) is 30.7 Å². The summed E-state index contributed by atoms with van der Waals surface area (Å²) in [7, 11) is 1.58. The number of piperidine rings is 1. The summed E-state index contributed by atoms with van der Waals surface area (Å²) in [5.41, 5.74) is 2.46. The molecule has 0 amide bonds. The monoisotopic (exact) mass is 512 g/mol. The Hall–Kier alpha value is -2.70. The van der Waals surface area contributed by atoms with Gasteiger partial charge in [-0.05, 0) is 99.0 Å². The Kier molecular flexibility index (Phi) is 9.16. The number of benzene rings is 2. The third kappa shape index (κ3) is 6.54. The fourth-order valence-electron chi connectivity index (χ4n) is 5.31. The lowest BCUT2D eigenvalue weighted by molar-refractivity contribution is -0.146. The zero-order chi connectivity index (χ0) is 25.5. The first-order chi connectivity index (χ1) is 17.5. The minimum absolute atomic E-state index is 0.0252. The number of hydrogen-bond donors (Lipinski definition) is 1. The second kappa shape index (κ2) is 12.5. The quantitative estimate of drug-likeness (QED) is 0.288. The molecule has 2 heterocycles. The fraction of sp³-hybridized carbons (Fsp3) is 0.448. The topological polar surface area (TPSA) is 62.7 Å². The number of rotatable bonds is 11. The van der Waals surface area contributed by atoms with Crippen LogP contribution in [0, 0.1) is 11.8 Å². The van der Waals surface area contributed by atoms with Gasteiger partial charge >= 0.3 is 5.97 Å². The van der Waals surface area contributed by atoms with E-state index in [2.05, 4.69) is 16.0 Å². The van der Waals surface area contributed by atoms with Gasteiger partial charge in [-0.1, -0.05) is 29.8 Å². The average molecular weight is 513 g/mol. The van der Waals surface area contributed by atoms with Crippen molar-refractivity contribution in [2.45, 2.75) is 44.7 Å². The maximum Gasteiger partial charge on any atom is 0.308 e. The molecule has 7 heteroatoms. The van der Waals surface area contributed by atoms with Gasteiger partial charge in [0, 0.05) is 23.2 Å². The predicted octanol–water partition coefficient (Wildman–Crippen LogP) is 6.73. The number of halogens is 2. The van der Waals surface area contributed by atoms with Crippen LogP contribution in [0.5, 0.6) is 5.75 Å². The smallest absolute Gasteiger partial charge is 0.308 e. The molecule has 4 rings (SSSR count). The number of hydrogen-bond acceptors (Lipinski definition) is 4. The van der Waals surface area contributed by atoms with Crippen LogP contribution in [0.3, 0.4) is 0 Å². The van der Waals surface area contributed by atoms with Crippen molar-refractivity contribution in [3.05, 3.63) is 70.9 Å². The highest BCUT2D eigenvalue weighted by Gasteiger charge is 2.34. The number of nitrogens with zero attached hydrogens (tertiary/aromatic N) is 2. The molecule has 1 aliphatic heterocycles. The molecule has 0 unspecified atom stereocenters. The molecule has 1 fully saturated rings. The number of likely N-dealkylation sites (tertiary alicyclic amines) is 1. The number of ether oxygens (including phenoxy) is 1. The molecule has 1 aromatic heterocycles. The highest BCUT2D eigenvalue weighted by molar-refractivity contribution is 6.31. The lowest BCUT2D eigenvalue weighted by Gasteiger charge is -2.37. The van der Waals surface area contributed by atoms with E-state index in [9.17, 15) is 9.90 Å². The lowest BCUT2D eigenvalue weighted by Crippen LogP contribution is -2.44. The van der Waals surface area contributed by atoms with Gasteiger partial charge in [-0.3, -0.25) is 9.78 Å². The number of carboxylic acids is 1. The maximum absolute atomic E-state index is 15.4. The van der Waals surface area contributed by atoms with Crippen LogP contribution in [0.15, 0.2) is 54.7 Å². The molecule has 0 spiro atoms. The van der Waals surface area contributed by atoms with Crippen molar-refractivity contribution >= 4 is 28.5 Å². The van der Waals surface area contributed by atoms with E-state index in [0.717, 1.165) is 60.3 Å². The minimum atomic E-state index is -1.18. The summed E-state index contributed by atoms with van der Waals surface area (Å²) in [6.07, 6.45) is 4.99. The largest absolute Gasteiger partial charge is 0.497 e. The van der Waals surface area contributed by atoms with Crippen molar-refractivity contribution in [1.82, 2.24) is 9.88 Å². The van der Waals surface area contributed by atoms with Crippen molar-refractivity contribution in [2.24, 2.45) is 11.8 Å². The Morgan fingerprint density at radius 3 is 2.86 bits per heavy atom. The van der Waals surface area contributed by atoms with E-state index in [-0.39, 0.29) is 5.92 Å². The summed E-state index contributed by atoms with van der Waals surface area (Å²) >= 11 is 6.24. The molecule has 0 radical (unpaired) electrons. The molecule has 1 N–H and O–H groups in total. The molecule has 0 aliphatic carbocycles. The van der Waals surface area contributed by atoms with Crippen LogP contribution >= 0.6 is 11.6 Å². The number of aliphatic carboxylic acids is 1. The number of unbranched alkanes of at least 4 members (excludes halogenated alkanes) is 1. The number of carboxylic acid groups (broad SMARTS) is 1. The number of fused-ring (bicyclic) bond motifs is 1. The zero-order valence-corrected chi connectivity index (χ0v) is 21.5. The van der Waals surface area contributed by atoms with Gasteiger partial charge in [0.1, 0.15) is 11.9 Å². The maximum atomic E-state index is 15.4. The van der Waals surface area contributed by atoms with E-state index in [4.69, 9.17) is 16.3 Å². The van der Waals surface area contributed by atoms with Gasteiger partial charge in [0.15, 0.2) is 0 Å². The molecule has 36 heavy (non-hydrogen) atoms. The van der Waals surface area contributed by atoms with Gasteiger partial charge in [-0.25, -0.2) is 4.39 Å². The highest BCUT2D eigenvalue weighted by Crippen LogP contribution is 2.35. The number of aryl methyl sites for hydroxylation is 1. The van der Waals surface area contributed by atoms with Crippen LogP contribution in [0.25, 0.3) is 10.9 Å². The molecule has 3 aromatic rings. The van der Waals surface area contributed by atoms with Crippen molar-refractivity contribution in [1.29, 1.82) is 0 Å². The van der Waals surface area contributed by atoms with E-state index >= 15 is 4.39 Å². The number of carbonyl (C=O) groups is 1. The first-order valence-corrected chi connectivity index (χ1v) is 13.1. The Morgan fingerprint density at radius 1 is 1.25 bits per heavy atom. The Morgan fingerprint density at radius 2 is 2.08 bits per heavy atom. The van der Waals surface area contributed by atoms with Crippen LogP contribution < -0.4 is 4.74 Å². The van der Waals surface area contributed by atoms with Crippen molar-refractivity contribution in [2.75, 3.05) is 26.7 Å². The van der Waals surface area contributed by atoms with Crippen molar-refractivity contribution < 1.29 is 19.0 Å². The zero-order valence-electron chi connectivity index (χ0n) is 20.7. The summed E-state index contributed by atoms with van der Waals surface area (Å²) < 4.78 is 20.7. The number of alkyl halides is 1. The fourth-order valence-corrected chi connectivity index (χ4v) is 5.54. The molecule has 1 aliphatic rings. The van der Waals surface area contributed by atoms with Crippen LogP contribution in [0.2, 0.25) is 5.02 Å². The van der Waals surface area contributed by atoms with Gasteiger partial charge in [0.25, 0.3) is 0 Å². The summed E-state index contributed by atoms with van der Waals surface area (Å²) in [5.74, 6) is -0.615. The molecule has 5 nitrogen and oxygen atoms in total. The van der Waals surface area contributed by atoms with Gasteiger partial charge in [0.2, 0.25) is 0 Å². The van der Waals surface area contributed by atoms with Gasteiger partial charge < -0.3 is 14.7 Å². The molecule has 2 aromatic carbocycles. The summed E-state index contributed by atoms with van der Waals surface area (Å²) in [4.78, 5) is 18.6. The van der Waals surface area contributed by atoms with E-state index in [1.54, 1.807) is 19.4 Å². The van der Waals surface area contributed by atoms with Crippen LogP contribution in [0.4, 0.5) is 4.39 Å². The molecule has 0 saturated carbocycles.